The highest BCUT2D eigenvalue weighted by Crippen LogP contribution is 2.34. The van der Waals surface area contributed by atoms with Crippen molar-refractivity contribution in [3.05, 3.63) is 94.8 Å². The smallest absolute Gasteiger partial charge is 0.255 e. The van der Waals surface area contributed by atoms with Gasteiger partial charge < -0.3 is 9.64 Å². The highest BCUT2D eigenvalue weighted by Gasteiger charge is 2.40. The molecule has 41 heavy (non-hydrogen) atoms. The molecule has 3 aromatic rings. The van der Waals surface area contributed by atoms with Crippen LogP contribution >= 0.6 is 11.9 Å². The van der Waals surface area contributed by atoms with E-state index in [1.165, 1.54) is 22.6 Å². The van der Waals surface area contributed by atoms with Crippen LogP contribution in [-0.2, 0) is 29.3 Å². The van der Waals surface area contributed by atoms with E-state index in [1.54, 1.807) is 24.1 Å². The van der Waals surface area contributed by atoms with Crippen LogP contribution < -0.4 is 10.1 Å². The Morgan fingerprint density at radius 2 is 1.63 bits per heavy atom. The first kappa shape index (κ1) is 27.4. The van der Waals surface area contributed by atoms with Crippen molar-refractivity contribution in [1.29, 1.82) is 0 Å². The standard InChI is InChI=1S/C31H31FN4O4S/c32-23-8-10-24(11-9-23)41-35-16-14-34(15-17-35)18-21-4-6-22(7-5-21)20-40-28-3-1-2-25-26(28)19-36(31(25)39)27-12-13-29(37)33-30(27)38/h1-11,27H,12-20H2,(H,33,37,38). The Kier molecular flexibility index (Phi) is 8.04. The maximum Gasteiger partial charge on any atom is 0.255 e. The molecule has 8 nitrogen and oxygen atoms in total. The van der Waals surface area contributed by atoms with Crippen molar-refractivity contribution in [2.75, 3.05) is 26.2 Å². The van der Waals surface area contributed by atoms with Crippen LogP contribution in [0, 0.1) is 5.82 Å². The maximum absolute atomic E-state index is 13.2. The number of amides is 3. The van der Waals surface area contributed by atoms with E-state index >= 15 is 0 Å². The molecule has 6 rings (SSSR count). The summed E-state index contributed by atoms with van der Waals surface area (Å²) < 4.78 is 21.6. The largest absolute Gasteiger partial charge is 0.489 e. The highest BCUT2D eigenvalue weighted by molar-refractivity contribution is 7.97. The summed E-state index contributed by atoms with van der Waals surface area (Å²) in [6.45, 7) is 5.34. The van der Waals surface area contributed by atoms with E-state index in [2.05, 4.69) is 38.8 Å². The second-order valence-corrected chi connectivity index (χ2v) is 11.7. The summed E-state index contributed by atoms with van der Waals surface area (Å²) in [7, 11) is 0. The van der Waals surface area contributed by atoms with E-state index in [0.29, 0.717) is 24.3 Å². The lowest BCUT2D eigenvalue weighted by Gasteiger charge is -2.33. The van der Waals surface area contributed by atoms with Crippen LogP contribution in [0.3, 0.4) is 0 Å². The minimum atomic E-state index is -0.649. The normalized spacial score (nSPS) is 19.8. The number of nitrogens with zero attached hydrogens (tertiary/aromatic N) is 3. The fraction of sp³-hybridized carbons (Fsp3) is 0.323. The molecular formula is C31H31FN4O4S. The molecule has 1 unspecified atom stereocenters. The Hall–Kier alpha value is -3.73. The van der Waals surface area contributed by atoms with Gasteiger partial charge in [-0.3, -0.25) is 24.6 Å². The van der Waals surface area contributed by atoms with E-state index in [4.69, 9.17) is 4.74 Å². The lowest BCUT2D eigenvalue weighted by atomic mass is 10.0. The zero-order chi connectivity index (χ0) is 28.3. The van der Waals surface area contributed by atoms with Crippen LogP contribution in [0.2, 0.25) is 0 Å². The molecule has 10 heteroatoms. The van der Waals surface area contributed by atoms with Crippen LogP contribution in [0.15, 0.2) is 71.6 Å². The average molecular weight is 575 g/mol. The lowest BCUT2D eigenvalue weighted by molar-refractivity contribution is -0.136. The molecule has 3 heterocycles. The van der Waals surface area contributed by atoms with Gasteiger partial charge in [0, 0.05) is 55.2 Å². The second-order valence-electron chi connectivity index (χ2n) is 10.5. The van der Waals surface area contributed by atoms with Crippen LogP contribution in [0.4, 0.5) is 4.39 Å². The fourth-order valence-electron chi connectivity index (χ4n) is 5.48. The summed E-state index contributed by atoms with van der Waals surface area (Å²) in [4.78, 5) is 42.0. The quantitative estimate of drug-likeness (QED) is 0.322. The van der Waals surface area contributed by atoms with Crippen LogP contribution in [0.1, 0.15) is 39.9 Å². The summed E-state index contributed by atoms with van der Waals surface area (Å²) in [6.07, 6.45) is 0.556. The Balaban J connectivity index is 1.00. The first-order valence-corrected chi connectivity index (χ1v) is 14.6. The predicted molar refractivity (Wildman–Crippen MR) is 152 cm³/mol. The number of carbonyl (C=O) groups is 3. The number of carbonyl (C=O) groups excluding carboxylic acids is 3. The summed E-state index contributed by atoms with van der Waals surface area (Å²) in [5, 5.41) is 2.34. The van der Waals surface area contributed by atoms with Crippen molar-refractivity contribution < 1.29 is 23.5 Å². The number of piperazine rings is 1. The molecule has 2 fully saturated rings. The minimum absolute atomic E-state index is 0.209. The fourth-order valence-corrected chi connectivity index (χ4v) is 6.38. The van der Waals surface area contributed by atoms with E-state index in [0.717, 1.165) is 48.7 Å². The molecule has 0 spiro atoms. The molecule has 0 aromatic heterocycles. The highest BCUT2D eigenvalue weighted by atomic mass is 32.2. The Morgan fingerprint density at radius 3 is 2.37 bits per heavy atom. The zero-order valence-corrected chi connectivity index (χ0v) is 23.4. The number of hydrogen-bond donors (Lipinski definition) is 1. The molecular weight excluding hydrogens is 543 g/mol. The van der Waals surface area contributed by atoms with Gasteiger partial charge in [0.1, 0.15) is 24.2 Å². The van der Waals surface area contributed by atoms with Gasteiger partial charge in [0.05, 0.1) is 6.54 Å². The van der Waals surface area contributed by atoms with Crippen molar-refractivity contribution >= 4 is 29.7 Å². The number of imide groups is 1. The molecule has 3 amide bonds. The van der Waals surface area contributed by atoms with Crippen molar-refractivity contribution in [2.45, 2.75) is 43.5 Å². The van der Waals surface area contributed by atoms with Crippen molar-refractivity contribution in [1.82, 2.24) is 19.4 Å². The van der Waals surface area contributed by atoms with E-state index < -0.39 is 11.9 Å². The van der Waals surface area contributed by atoms with Gasteiger partial charge in [-0.25, -0.2) is 8.70 Å². The number of halogens is 1. The summed E-state index contributed by atoms with van der Waals surface area (Å²) in [5.74, 6) is -0.512. The van der Waals surface area contributed by atoms with Gasteiger partial charge >= 0.3 is 0 Å². The number of benzene rings is 3. The van der Waals surface area contributed by atoms with Crippen LogP contribution in [0.5, 0.6) is 5.75 Å². The molecule has 0 bridgehead atoms. The minimum Gasteiger partial charge on any atom is -0.489 e. The monoisotopic (exact) mass is 574 g/mol. The molecule has 1 atom stereocenters. The Labute approximate surface area is 242 Å². The van der Waals surface area contributed by atoms with Gasteiger partial charge in [-0.05, 0) is 65.9 Å². The van der Waals surface area contributed by atoms with Gasteiger partial charge in [0.2, 0.25) is 11.8 Å². The zero-order valence-electron chi connectivity index (χ0n) is 22.6. The van der Waals surface area contributed by atoms with E-state index in [-0.39, 0.29) is 30.6 Å². The molecule has 3 aliphatic heterocycles. The molecule has 0 radical (unpaired) electrons. The number of fused-ring (bicyclic) bond motifs is 1. The summed E-state index contributed by atoms with van der Waals surface area (Å²) in [5.41, 5.74) is 3.58. The molecule has 3 aliphatic rings. The van der Waals surface area contributed by atoms with Gasteiger partial charge in [-0.2, -0.15) is 0 Å². The summed E-state index contributed by atoms with van der Waals surface area (Å²) >= 11 is 1.68. The predicted octanol–water partition coefficient (Wildman–Crippen LogP) is 3.99. The Morgan fingerprint density at radius 1 is 0.902 bits per heavy atom. The SMILES string of the molecule is O=C1CCC(N2Cc3c(OCc4ccc(CN5CCN(Sc6ccc(F)cc6)CC5)cc4)cccc3C2=O)C(=O)N1. The molecule has 0 aliphatic carbocycles. The molecule has 212 valence electrons. The maximum atomic E-state index is 13.2. The van der Waals surface area contributed by atoms with E-state index in [9.17, 15) is 18.8 Å². The van der Waals surface area contributed by atoms with Gasteiger partial charge in [-0.15, -0.1) is 0 Å². The van der Waals surface area contributed by atoms with Crippen molar-refractivity contribution in [2.24, 2.45) is 0 Å². The second kappa shape index (κ2) is 12.0. The van der Waals surface area contributed by atoms with Gasteiger partial charge in [0.25, 0.3) is 5.91 Å². The molecule has 1 N–H and O–H groups in total. The lowest BCUT2D eigenvalue weighted by Crippen LogP contribution is -2.52. The molecule has 3 aromatic carbocycles. The number of piperidine rings is 1. The van der Waals surface area contributed by atoms with Crippen LogP contribution in [-0.4, -0.2) is 64.0 Å². The number of hydrogen-bond acceptors (Lipinski definition) is 7. The topological polar surface area (TPSA) is 82.2 Å². The molecule has 2 saturated heterocycles. The molecule has 0 saturated carbocycles. The van der Waals surface area contributed by atoms with Crippen molar-refractivity contribution in [3.63, 3.8) is 0 Å². The van der Waals surface area contributed by atoms with Gasteiger partial charge in [-0.1, -0.05) is 30.3 Å². The third-order valence-electron chi connectivity index (χ3n) is 7.74. The van der Waals surface area contributed by atoms with Crippen LogP contribution in [0.25, 0.3) is 0 Å². The summed E-state index contributed by atoms with van der Waals surface area (Å²) in [6, 6.07) is 19.8. The third-order valence-corrected chi connectivity index (χ3v) is 8.85. The van der Waals surface area contributed by atoms with Crippen molar-refractivity contribution in [3.8, 4) is 5.75 Å². The third kappa shape index (κ3) is 6.29. The first-order chi connectivity index (χ1) is 19.9. The van der Waals surface area contributed by atoms with E-state index in [1.807, 2.05) is 18.2 Å². The number of rotatable bonds is 8. The van der Waals surface area contributed by atoms with Gasteiger partial charge in [0.15, 0.2) is 0 Å². The number of ether oxygens (including phenoxy) is 1. The Bertz CT molecular complexity index is 1440. The first-order valence-electron chi connectivity index (χ1n) is 13.8. The number of nitrogens with one attached hydrogen (secondary N) is 1. The average Bonchev–Trinajstić information content (AvgIpc) is 3.31.